The molecule has 1 rings (SSSR count). The lowest BCUT2D eigenvalue weighted by Crippen LogP contribution is -2.27. The Morgan fingerprint density at radius 2 is 2.17 bits per heavy atom. The van der Waals surface area contributed by atoms with Gasteiger partial charge in [0.15, 0.2) is 5.69 Å². The zero-order chi connectivity index (χ0) is 13.4. The van der Waals surface area contributed by atoms with E-state index in [2.05, 4.69) is 20.8 Å². The van der Waals surface area contributed by atoms with E-state index in [0.717, 1.165) is 0 Å². The molecule has 0 radical (unpaired) electrons. The first-order chi connectivity index (χ1) is 8.71. The smallest absolute Gasteiger partial charge is 0.271 e. The molecule has 1 amide bonds. The van der Waals surface area contributed by atoms with E-state index in [9.17, 15) is 4.79 Å². The quantitative estimate of drug-likeness (QED) is 0.707. The third-order valence-electron chi connectivity index (χ3n) is 2.32. The molecule has 0 saturated heterocycles. The van der Waals surface area contributed by atoms with Gasteiger partial charge in [0.2, 0.25) is 0 Å². The fraction of sp³-hybridized carbons (Fsp3) is 0.545. The van der Waals surface area contributed by atoms with Gasteiger partial charge in [-0.2, -0.15) is 0 Å². The van der Waals surface area contributed by atoms with Crippen molar-refractivity contribution >= 4 is 11.7 Å². The Labute approximate surface area is 106 Å². The SMILES string of the molecule is CNC(=O)c1ccc(NCC(COC)OC)nn1. The third-order valence-corrected chi connectivity index (χ3v) is 2.32. The average molecular weight is 254 g/mol. The van der Waals surface area contributed by atoms with E-state index in [4.69, 9.17) is 9.47 Å². The van der Waals surface area contributed by atoms with Crippen LogP contribution in [0.5, 0.6) is 0 Å². The van der Waals surface area contributed by atoms with Crippen molar-refractivity contribution in [2.75, 3.05) is 39.7 Å². The van der Waals surface area contributed by atoms with Crippen molar-refractivity contribution < 1.29 is 14.3 Å². The van der Waals surface area contributed by atoms with Crippen molar-refractivity contribution in [3.05, 3.63) is 17.8 Å². The van der Waals surface area contributed by atoms with Crippen molar-refractivity contribution in [3.8, 4) is 0 Å². The van der Waals surface area contributed by atoms with E-state index in [1.165, 1.54) is 0 Å². The molecule has 1 aromatic rings. The van der Waals surface area contributed by atoms with E-state index in [1.807, 2.05) is 0 Å². The first-order valence-electron chi connectivity index (χ1n) is 5.52. The molecule has 1 aromatic heterocycles. The van der Waals surface area contributed by atoms with Crippen LogP contribution in [-0.4, -0.2) is 56.6 Å². The van der Waals surface area contributed by atoms with Crippen LogP contribution in [0.2, 0.25) is 0 Å². The zero-order valence-electron chi connectivity index (χ0n) is 10.8. The van der Waals surface area contributed by atoms with Crippen LogP contribution in [0.3, 0.4) is 0 Å². The molecule has 0 aliphatic rings. The second-order valence-electron chi connectivity index (χ2n) is 3.58. The minimum atomic E-state index is -0.261. The molecule has 1 atom stereocenters. The average Bonchev–Trinajstić information content (AvgIpc) is 2.43. The molecule has 100 valence electrons. The topological polar surface area (TPSA) is 85.4 Å². The first-order valence-corrected chi connectivity index (χ1v) is 5.52. The van der Waals surface area contributed by atoms with Gasteiger partial charge in [-0.1, -0.05) is 0 Å². The van der Waals surface area contributed by atoms with Crippen LogP contribution >= 0.6 is 0 Å². The number of hydrogen-bond donors (Lipinski definition) is 2. The second kappa shape index (κ2) is 7.57. The van der Waals surface area contributed by atoms with Gasteiger partial charge in [-0.3, -0.25) is 4.79 Å². The number of nitrogens with one attached hydrogen (secondary N) is 2. The molecule has 0 spiro atoms. The summed E-state index contributed by atoms with van der Waals surface area (Å²) in [5.41, 5.74) is 0.281. The van der Waals surface area contributed by atoms with E-state index in [-0.39, 0.29) is 17.7 Å². The van der Waals surface area contributed by atoms with Crippen molar-refractivity contribution in [2.24, 2.45) is 0 Å². The van der Waals surface area contributed by atoms with Crippen LogP contribution < -0.4 is 10.6 Å². The Bertz CT molecular complexity index is 369. The molecule has 7 nitrogen and oxygen atoms in total. The van der Waals surface area contributed by atoms with Crippen LogP contribution in [0.25, 0.3) is 0 Å². The van der Waals surface area contributed by atoms with E-state index in [0.29, 0.717) is 19.0 Å². The highest BCUT2D eigenvalue weighted by Gasteiger charge is 2.08. The van der Waals surface area contributed by atoms with Crippen LogP contribution in [-0.2, 0) is 9.47 Å². The number of nitrogens with zero attached hydrogens (tertiary/aromatic N) is 2. The van der Waals surface area contributed by atoms with Crippen molar-refractivity contribution in [1.29, 1.82) is 0 Å². The lowest BCUT2D eigenvalue weighted by atomic mass is 10.3. The maximum Gasteiger partial charge on any atom is 0.271 e. The summed E-state index contributed by atoms with van der Waals surface area (Å²) in [7, 11) is 4.78. The van der Waals surface area contributed by atoms with E-state index >= 15 is 0 Å². The summed E-state index contributed by atoms with van der Waals surface area (Å²) >= 11 is 0. The molecule has 1 unspecified atom stereocenters. The molecule has 18 heavy (non-hydrogen) atoms. The maximum atomic E-state index is 11.3. The number of methoxy groups -OCH3 is 2. The third kappa shape index (κ3) is 4.27. The predicted octanol–water partition coefficient (Wildman–Crippen LogP) is -0.0905. The highest BCUT2D eigenvalue weighted by atomic mass is 16.5. The van der Waals surface area contributed by atoms with Gasteiger partial charge in [-0.25, -0.2) is 0 Å². The fourth-order valence-electron chi connectivity index (χ4n) is 1.29. The largest absolute Gasteiger partial charge is 0.382 e. The summed E-state index contributed by atoms with van der Waals surface area (Å²) in [6.45, 7) is 1.05. The Morgan fingerprint density at radius 1 is 1.39 bits per heavy atom. The molecular weight excluding hydrogens is 236 g/mol. The normalized spacial score (nSPS) is 11.9. The lowest BCUT2D eigenvalue weighted by molar-refractivity contribution is 0.0365. The van der Waals surface area contributed by atoms with Gasteiger partial charge in [0.05, 0.1) is 12.7 Å². The van der Waals surface area contributed by atoms with Crippen LogP contribution in [0.4, 0.5) is 5.82 Å². The highest BCUT2D eigenvalue weighted by molar-refractivity contribution is 5.91. The molecule has 0 aliphatic heterocycles. The van der Waals surface area contributed by atoms with Gasteiger partial charge in [0.25, 0.3) is 5.91 Å². The first kappa shape index (κ1) is 14.3. The molecule has 0 aromatic carbocycles. The van der Waals surface area contributed by atoms with Crippen LogP contribution in [0, 0.1) is 0 Å². The van der Waals surface area contributed by atoms with Gasteiger partial charge in [0, 0.05) is 27.8 Å². The number of carbonyl (C=O) groups excluding carboxylic acids is 1. The Balaban J connectivity index is 2.50. The number of carbonyl (C=O) groups is 1. The Hall–Kier alpha value is -1.73. The number of aromatic nitrogens is 2. The number of hydrogen-bond acceptors (Lipinski definition) is 6. The van der Waals surface area contributed by atoms with E-state index in [1.54, 1.807) is 33.4 Å². The minimum absolute atomic E-state index is 0.0598. The predicted molar refractivity (Wildman–Crippen MR) is 66.6 cm³/mol. The Morgan fingerprint density at radius 3 is 2.67 bits per heavy atom. The number of ether oxygens (including phenoxy) is 2. The lowest BCUT2D eigenvalue weighted by Gasteiger charge is -2.15. The molecule has 2 N–H and O–H groups in total. The van der Waals surface area contributed by atoms with Crippen LogP contribution in [0.15, 0.2) is 12.1 Å². The highest BCUT2D eigenvalue weighted by Crippen LogP contribution is 2.03. The molecule has 0 aliphatic carbocycles. The molecule has 0 saturated carbocycles. The van der Waals surface area contributed by atoms with Crippen molar-refractivity contribution in [3.63, 3.8) is 0 Å². The monoisotopic (exact) mass is 254 g/mol. The summed E-state index contributed by atoms with van der Waals surface area (Å²) in [6, 6.07) is 3.30. The Kier molecular flexibility index (Phi) is 6.03. The summed E-state index contributed by atoms with van der Waals surface area (Å²) in [5.74, 6) is 0.323. The molecule has 7 heteroatoms. The molecule has 0 fully saturated rings. The number of amides is 1. The fourth-order valence-corrected chi connectivity index (χ4v) is 1.29. The molecular formula is C11H18N4O3. The minimum Gasteiger partial charge on any atom is -0.382 e. The standard InChI is InChI=1S/C11H18N4O3/c1-12-11(16)9-4-5-10(15-14-9)13-6-8(18-3)7-17-2/h4-5,8H,6-7H2,1-3H3,(H,12,16)(H,13,15). The number of anilines is 1. The van der Waals surface area contributed by atoms with Crippen LogP contribution in [0.1, 0.15) is 10.5 Å². The second-order valence-corrected chi connectivity index (χ2v) is 3.58. The number of rotatable bonds is 7. The zero-order valence-corrected chi connectivity index (χ0v) is 10.8. The van der Waals surface area contributed by atoms with Crippen molar-refractivity contribution in [2.45, 2.75) is 6.10 Å². The molecule has 1 heterocycles. The van der Waals surface area contributed by atoms with Gasteiger partial charge in [-0.15, -0.1) is 10.2 Å². The summed E-state index contributed by atoms with van der Waals surface area (Å²) in [5, 5.41) is 13.2. The summed E-state index contributed by atoms with van der Waals surface area (Å²) < 4.78 is 10.2. The van der Waals surface area contributed by atoms with Crippen molar-refractivity contribution in [1.82, 2.24) is 15.5 Å². The van der Waals surface area contributed by atoms with Gasteiger partial charge in [-0.05, 0) is 12.1 Å². The van der Waals surface area contributed by atoms with Gasteiger partial charge in [0.1, 0.15) is 5.82 Å². The summed E-state index contributed by atoms with van der Waals surface area (Å²) in [6.07, 6.45) is -0.0598. The van der Waals surface area contributed by atoms with E-state index < -0.39 is 0 Å². The van der Waals surface area contributed by atoms with Gasteiger partial charge >= 0.3 is 0 Å². The van der Waals surface area contributed by atoms with Gasteiger partial charge < -0.3 is 20.1 Å². The maximum absolute atomic E-state index is 11.3. The molecule has 0 bridgehead atoms. The summed E-state index contributed by atoms with van der Waals surface area (Å²) in [4.78, 5) is 11.3.